The van der Waals surface area contributed by atoms with Crippen molar-refractivity contribution in [1.29, 1.82) is 0 Å². The van der Waals surface area contributed by atoms with Crippen LogP contribution in [0.2, 0.25) is 0 Å². The Bertz CT molecular complexity index is 377. The van der Waals surface area contributed by atoms with Crippen LogP contribution in [0.4, 0.5) is 0 Å². The summed E-state index contributed by atoms with van der Waals surface area (Å²) in [6, 6.07) is 9.27. The lowest BCUT2D eigenvalue weighted by Crippen LogP contribution is -2.38. The molecule has 1 aliphatic heterocycles. The summed E-state index contributed by atoms with van der Waals surface area (Å²) in [5.41, 5.74) is 2.78. The molecule has 1 aromatic carbocycles. The van der Waals surface area contributed by atoms with Gasteiger partial charge in [0.25, 0.3) is 0 Å². The molecule has 0 amide bonds. The van der Waals surface area contributed by atoms with E-state index in [1.54, 1.807) is 0 Å². The Morgan fingerprint density at radius 3 is 3.00 bits per heavy atom. The lowest BCUT2D eigenvalue weighted by atomic mass is 9.99. The zero-order valence-electron chi connectivity index (χ0n) is 12.0. The van der Waals surface area contributed by atoms with Crippen molar-refractivity contribution < 1.29 is 4.74 Å². The van der Waals surface area contributed by atoms with Crippen LogP contribution in [-0.4, -0.2) is 30.8 Å². The van der Waals surface area contributed by atoms with Crippen LogP contribution in [0.3, 0.4) is 0 Å². The number of aryl methyl sites for hydroxylation is 1. The largest absolute Gasteiger partial charge is 0.375 e. The maximum atomic E-state index is 5.98. The van der Waals surface area contributed by atoms with Crippen LogP contribution in [0.15, 0.2) is 24.3 Å². The monoisotopic (exact) mass is 279 g/mol. The molecule has 2 unspecified atom stereocenters. The minimum atomic E-state index is 0.303. The van der Waals surface area contributed by atoms with E-state index in [0.29, 0.717) is 12.1 Å². The molecule has 1 N–H and O–H groups in total. The van der Waals surface area contributed by atoms with Gasteiger partial charge in [-0.3, -0.25) is 0 Å². The first-order chi connectivity index (χ1) is 9.35. The predicted octanol–water partition coefficient (Wildman–Crippen LogP) is 3.42. The summed E-state index contributed by atoms with van der Waals surface area (Å²) in [6.45, 7) is 6.35. The molecule has 1 aliphatic rings. The highest BCUT2D eigenvalue weighted by Gasteiger charge is 2.25. The van der Waals surface area contributed by atoms with Crippen molar-refractivity contribution in [3.05, 3.63) is 35.4 Å². The number of benzene rings is 1. The van der Waals surface area contributed by atoms with E-state index in [4.69, 9.17) is 4.74 Å². The van der Waals surface area contributed by atoms with Gasteiger partial charge in [-0.25, -0.2) is 0 Å². The minimum Gasteiger partial charge on any atom is -0.375 e. The Morgan fingerprint density at radius 1 is 1.42 bits per heavy atom. The molecule has 1 saturated heterocycles. The van der Waals surface area contributed by atoms with Gasteiger partial charge in [-0.2, -0.15) is 11.8 Å². The van der Waals surface area contributed by atoms with Crippen LogP contribution >= 0.6 is 11.8 Å². The molecular formula is C16H25NOS. The van der Waals surface area contributed by atoms with E-state index < -0.39 is 0 Å². The topological polar surface area (TPSA) is 21.3 Å². The standard InChI is InChI=1S/C16H25NOS/c1-3-8-17-16(15-12-19-10-9-18-15)14-7-5-6-13(4-2)11-14/h5-7,11,15-17H,3-4,8-10,12H2,1-2H3. The summed E-state index contributed by atoms with van der Waals surface area (Å²) >= 11 is 2.00. The van der Waals surface area contributed by atoms with Crippen LogP contribution in [0, 0.1) is 0 Å². The van der Waals surface area contributed by atoms with Gasteiger partial charge in [0.2, 0.25) is 0 Å². The van der Waals surface area contributed by atoms with E-state index in [9.17, 15) is 0 Å². The molecule has 2 nitrogen and oxygen atoms in total. The average Bonchev–Trinajstić information content (AvgIpc) is 2.49. The van der Waals surface area contributed by atoms with Gasteiger partial charge < -0.3 is 10.1 Å². The van der Waals surface area contributed by atoms with Gasteiger partial charge >= 0.3 is 0 Å². The molecule has 0 aliphatic carbocycles. The first-order valence-electron chi connectivity index (χ1n) is 7.36. The maximum absolute atomic E-state index is 5.98. The summed E-state index contributed by atoms with van der Waals surface area (Å²) in [5, 5.41) is 3.67. The fraction of sp³-hybridized carbons (Fsp3) is 0.625. The van der Waals surface area contributed by atoms with Crippen molar-refractivity contribution >= 4 is 11.8 Å². The molecule has 0 radical (unpaired) electrons. The minimum absolute atomic E-state index is 0.303. The van der Waals surface area contributed by atoms with Crippen LogP contribution in [0.5, 0.6) is 0 Å². The molecule has 1 heterocycles. The Hall–Kier alpha value is -0.510. The molecule has 19 heavy (non-hydrogen) atoms. The second-order valence-electron chi connectivity index (χ2n) is 5.01. The number of ether oxygens (including phenoxy) is 1. The highest BCUT2D eigenvalue weighted by Crippen LogP contribution is 2.26. The van der Waals surface area contributed by atoms with E-state index >= 15 is 0 Å². The van der Waals surface area contributed by atoms with E-state index in [0.717, 1.165) is 37.5 Å². The van der Waals surface area contributed by atoms with Crippen LogP contribution in [-0.2, 0) is 11.2 Å². The Kier molecular flexibility index (Phi) is 6.21. The Morgan fingerprint density at radius 2 is 2.32 bits per heavy atom. The van der Waals surface area contributed by atoms with Crippen LogP contribution in [0.25, 0.3) is 0 Å². The normalized spacial score (nSPS) is 21.3. The summed E-state index contributed by atoms with van der Waals surface area (Å²) in [6.07, 6.45) is 2.55. The van der Waals surface area contributed by atoms with Gasteiger partial charge in [0.1, 0.15) is 0 Å². The van der Waals surface area contributed by atoms with Gasteiger partial charge in [-0.1, -0.05) is 38.1 Å². The molecule has 1 fully saturated rings. The number of rotatable bonds is 6. The zero-order chi connectivity index (χ0) is 13.5. The maximum Gasteiger partial charge on any atom is 0.0860 e. The number of nitrogens with one attached hydrogen (secondary N) is 1. The third-order valence-electron chi connectivity index (χ3n) is 3.55. The zero-order valence-corrected chi connectivity index (χ0v) is 12.8. The van der Waals surface area contributed by atoms with Gasteiger partial charge in [-0.05, 0) is 30.5 Å². The van der Waals surface area contributed by atoms with Crippen LogP contribution in [0.1, 0.15) is 37.4 Å². The first kappa shape index (κ1) is 14.9. The van der Waals surface area contributed by atoms with Crippen molar-refractivity contribution in [3.63, 3.8) is 0 Å². The third-order valence-corrected chi connectivity index (χ3v) is 4.57. The van der Waals surface area contributed by atoms with Gasteiger partial charge in [0.05, 0.1) is 18.8 Å². The highest BCUT2D eigenvalue weighted by atomic mass is 32.2. The Labute approximate surface area is 121 Å². The fourth-order valence-electron chi connectivity index (χ4n) is 2.47. The van der Waals surface area contributed by atoms with E-state index in [1.165, 1.54) is 11.1 Å². The van der Waals surface area contributed by atoms with Crippen molar-refractivity contribution in [1.82, 2.24) is 5.32 Å². The molecule has 2 rings (SSSR count). The SMILES string of the molecule is CCCNC(c1cccc(CC)c1)C1CSCCO1. The van der Waals surface area contributed by atoms with E-state index in [1.807, 2.05) is 11.8 Å². The molecule has 106 valence electrons. The molecule has 2 atom stereocenters. The summed E-state index contributed by atoms with van der Waals surface area (Å²) < 4.78 is 5.98. The smallest absolute Gasteiger partial charge is 0.0860 e. The molecule has 3 heteroatoms. The number of hydrogen-bond donors (Lipinski definition) is 1. The fourth-order valence-corrected chi connectivity index (χ4v) is 3.37. The molecule has 1 aromatic rings. The third kappa shape index (κ3) is 4.23. The summed E-state index contributed by atoms with van der Waals surface area (Å²) in [5.74, 6) is 2.23. The molecule has 0 bridgehead atoms. The lowest BCUT2D eigenvalue weighted by Gasteiger charge is -2.31. The molecule has 0 aromatic heterocycles. The predicted molar refractivity (Wildman–Crippen MR) is 83.9 cm³/mol. The van der Waals surface area contributed by atoms with Crippen LogP contribution < -0.4 is 5.32 Å². The number of thioether (sulfide) groups is 1. The quantitative estimate of drug-likeness (QED) is 0.862. The molecule has 0 saturated carbocycles. The number of hydrogen-bond acceptors (Lipinski definition) is 3. The summed E-state index contributed by atoms with van der Waals surface area (Å²) in [7, 11) is 0. The van der Waals surface area contributed by atoms with Gasteiger partial charge in [0.15, 0.2) is 0 Å². The first-order valence-corrected chi connectivity index (χ1v) is 8.52. The average molecular weight is 279 g/mol. The van der Waals surface area contributed by atoms with E-state index in [2.05, 4.69) is 43.4 Å². The molecular weight excluding hydrogens is 254 g/mol. The van der Waals surface area contributed by atoms with E-state index in [-0.39, 0.29) is 0 Å². The Balaban J connectivity index is 2.14. The van der Waals surface area contributed by atoms with Crippen molar-refractivity contribution in [2.24, 2.45) is 0 Å². The lowest BCUT2D eigenvalue weighted by molar-refractivity contribution is 0.0468. The highest BCUT2D eigenvalue weighted by molar-refractivity contribution is 7.99. The van der Waals surface area contributed by atoms with Gasteiger partial charge in [0, 0.05) is 11.5 Å². The second-order valence-corrected chi connectivity index (χ2v) is 6.16. The van der Waals surface area contributed by atoms with Crippen molar-refractivity contribution in [3.8, 4) is 0 Å². The van der Waals surface area contributed by atoms with Gasteiger partial charge in [-0.15, -0.1) is 0 Å². The second kappa shape index (κ2) is 7.93. The van der Waals surface area contributed by atoms with Crippen molar-refractivity contribution in [2.45, 2.75) is 38.8 Å². The summed E-state index contributed by atoms with van der Waals surface area (Å²) in [4.78, 5) is 0. The van der Waals surface area contributed by atoms with Crippen molar-refractivity contribution in [2.75, 3.05) is 24.7 Å². The molecule has 0 spiro atoms.